The molecule has 124 valence electrons. The Labute approximate surface area is 136 Å². The van der Waals surface area contributed by atoms with Crippen LogP contribution in [0.2, 0.25) is 0 Å². The van der Waals surface area contributed by atoms with Gasteiger partial charge < -0.3 is 4.90 Å². The van der Waals surface area contributed by atoms with E-state index in [0.717, 1.165) is 44.0 Å². The van der Waals surface area contributed by atoms with Crippen LogP contribution in [0.3, 0.4) is 0 Å². The fraction of sp³-hybridized carbons (Fsp3) is 0.625. The van der Waals surface area contributed by atoms with Gasteiger partial charge in [0.2, 0.25) is 0 Å². The van der Waals surface area contributed by atoms with Crippen molar-refractivity contribution < 1.29 is 4.79 Å². The third-order valence-corrected chi connectivity index (χ3v) is 4.38. The molecule has 7 nitrogen and oxygen atoms in total. The summed E-state index contributed by atoms with van der Waals surface area (Å²) >= 11 is 0. The molecule has 0 saturated carbocycles. The number of rotatable bonds is 4. The van der Waals surface area contributed by atoms with Crippen LogP contribution in [0.1, 0.15) is 54.7 Å². The Kier molecular flexibility index (Phi) is 4.45. The maximum Gasteiger partial charge on any atom is 0.274 e. The fourth-order valence-electron chi connectivity index (χ4n) is 2.96. The van der Waals surface area contributed by atoms with Gasteiger partial charge in [0.05, 0.1) is 0 Å². The Morgan fingerprint density at radius 1 is 1.39 bits per heavy atom. The molecule has 2 aromatic rings. The fourth-order valence-corrected chi connectivity index (χ4v) is 2.96. The summed E-state index contributed by atoms with van der Waals surface area (Å²) in [5, 5.41) is 11.5. The van der Waals surface area contributed by atoms with Crippen molar-refractivity contribution in [1.82, 2.24) is 29.9 Å². The lowest BCUT2D eigenvalue weighted by Crippen LogP contribution is -2.39. The topological polar surface area (TPSA) is 79.7 Å². The highest BCUT2D eigenvalue weighted by Gasteiger charge is 2.25. The highest BCUT2D eigenvalue weighted by atomic mass is 16.2. The minimum absolute atomic E-state index is 0.0332. The van der Waals surface area contributed by atoms with Gasteiger partial charge in [-0.15, -0.1) is 0 Å². The van der Waals surface area contributed by atoms with E-state index < -0.39 is 0 Å². The van der Waals surface area contributed by atoms with Crippen molar-refractivity contribution in [2.45, 2.75) is 39.0 Å². The second-order valence-corrected chi connectivity index (χ2v) is 6.61. The number of carbonyl (C=O) groups is 1. The molecule has 0 bridgehead atoms. The molecule has 1 amide bonds. The van der Waals surface area contributed by atoms with Crippen LogP contribution in [0.15, 0.2) is 12.3 Å². The third kappa shape index (κ3) is 3.60. The summed E-state index contributed by atoms with van der Waals surface area (Å²) in [6.45, 7) is 5.75. The molecule has 3 rings (SSSR count). The highest BCUT2D eigenvalue weighted by molar-refractivity contribution is 5.92. The normalized spacial score (nSPS) is 16.3. The van der Waals surface area contributed by atoms with Crippen LogP contribution < -0.4 is 0 Å². The highest BCUT2D eigenvalue weighted by Crippen LogP contribution is 2.22. The maximum absolute atomic E-state index is 12.4. The minimum atomic E-state index is 0.0332. The molecule has 0 aromatic carbocycles. The van der Waals surface area contributed by atoms with Crippen LogP contribution in [0, 0.1) is 5.92 Å². The van der Waals surface area contributed by atoms with Crippen molar-refractivity contribution >= 4 is 5.91 Å². The van der Waals surface area contributed by atoms with Crippen molar-refractivity contribution in [3.8, 4) is 0 Å². The molecule has 7 heteroatoms. The number of aryl methyl sites for hydroxylation is 1. The quantitative estimate of drug-likeness (QED) is 0.932. The van der Waals surface area contributed by atoms with Crippen molar-refractivity contribution in [2.75, 3.05) is 13.1 Å². The Hall–Kier alpha value is -2.18. The Balaban J connectivity index is 1.52. The standard InChI is InChI=1S/C16H24N6O/c1-11(2)15-17-14(18-19-15)10-12-4-8-22(9-5-12)16(23)13-6-7-21(3)20-13/h6-7,11-12H,4-5,8-10H2,1-3H3,(H,17,18,19). The number of aromatic nitrogens is 5. The summed E-state index contributed by atoms with van der Waals surface area (Å²) in [7, 11) is 1.83. The number of carbonyl (C=O) groups excluding carboxylic acids is 1. The lowest BCUT2D eigenvalue weighted by atomic mass is 9.93. The molecule has 0 atom stereocenters. The third-order valence-electron chi connectivity index (χ3n) is 4.38. The lowest BCUT2D eigenvalue weighted by molar-refractivity contribution is 0.0683. The van der Waals surface area contributed by atoms with Crippen molar-refractivity contribution in [2.24, 2.45) is 13.0 Å². The van der Waals surface area contributed by atoms with Crippen LogP contribution in [-0.4, -0.2) is 48.9 Å². The van der Waals surface area contributed by atoms with E-state index in [4.69, 9.17) is 0 Å². The van der Waals surface area contributed by atoms with Gasteiger partial charge >= 0.3 is 0 Å². The number of amides is 1. The average Bonchev–Trinajstić information content (AvgIpc) is 3.16. The largest absolute Gasteiger partial charge is 0.337 e. The maximum atomic E-state index is 12.4. The van der Waals surface area contributed by atoms with Gasteiger partial charge in [-0.3, -0.25) is 14.6 Å². The summed E-state index contributed by atoms with van der Waals surface area (Å²) in [5.41, 5.74) is 0.530. The number of aromatic amines is 1. The molecular weight excluding hydrogens is 292 g/mol. The number of hydrogen-bond donors (Lipinski definition) is 1. The van der Waals surface area contributed by atoms with Gasteiger partial charge in [-0.25, -0.2) is 4.98 Å². The van der Waals surface area contributed by atoms with Crippen LogP contribution in [0.25, 0.3) is 0 Å². The average molecular weight is 316 g/mol. The van der Waals surface area contributed by atoms with Crippen LogP contribution in [0.5, 0.6) is 0 Å². The molecule has 2 aromatic heterocycles. The van der Waals surface area contributed by atoms with E-state index in [9.17, 15) is 4.79 Å². The van der Waals surface area contributed by atoms with Gasteiger partial charge in [0.15, 0.2) is 5.82 Å². The first-order chi connectivity index (χ1) is 11.0. The first-order valence-electron chi connectivity index (χ1n) is 8.23. The summed E-state index contributed by atoms with van der Waals surface area (Å²) < 4.78 is 1.66. The SMILES string of the molecule is CC(C)c1n[nH]c(CC2CCN(C(=O)c3ccn(C)n3)CC2)n1. The zero-order valence-corrected chi connectivity index (χ0v) is 14.0. The van der Waals surface area contributed by atoms with E-state index >= 15 is 0 Å². The number of piperidine rings is 1. The summed E-state index contributed by atoms with van der Waals surface area (Å²) in [4.78, 5) is 18.8. The van der Waals surface area contributed by atoms with Gasteiger partial charge in [-0.2, -0.15) is 10.2 Å². The molecule has 0 radical (unpaired) electrons. The first kappa shape index (κ1) is 15.7. The monoisotopic (exact) mass is 316 g/mol. The molecule has 1 saturated heterocycles. The molecule has 1 aliphatic rings. The number of nitrogens with zero attached hydrogens (tertiary/aromatic N) is 5. The number of H-pyrrole nitrogens is 1. The molecule has 1 N–H and O–H groups in total. The van der Waals surface area contributed by atoms with Gasteiger partial charge in [-0.1, -0.05) is 13.8 Å². The van der Waals surface area contributed by atoms with Crippen molar-refractivity contribution in [1.29, 1.82) is 0 Å². The van der Waals surface area contributed by atoms with Crippen LogP contribution >= 0.6 is 0 Å². The predicted molar refractivity (Wildman–Crippen MR) is 86.0 cm³/mol. The number of likely N-dealkylation sites (tertiary alicyclic amines) is 1. The minimum Gasteiger partial charge on any atom is -0.337 e. The molecular formula is C16H24N6O. The van der Waals surface area contributed by atoms with E-state index in [1.54, 1.807) is 16.9 Å². The first-order valence-corrected chi connectivity index (χ1v) is 8.23. The summed E-state index contributed by atoms with van der Waals surface area (Å²) in [5.74, 6) is 2.77. The Morgan fingerprint density at radius 2 is 2.13 bits per heavy atom. The molecule has 0 spiro atoms. The van der Waals surface area contributed by atoms with E-state index in [0.29, 0.717) is 17.5 Å². The molecule has 1 fully saturated rings. The number of hydrogen-bond acceptors (Lipinski definition) is 4. The van der Waals surface area contributed by atoms with E-state index in [1.165, 1.54) is 0 Å². The summed E-state index contributed by atoms with van der Waals surface area (Å²) in [6.07, 6.45) is 4.70. The van der Waals surface area contributed by atoms with Crippen LogP contribution in [-0.2, 0) is 13.5 Å². The van der Waals surface area contributed by atoms with Crippen LogP contribution in [0.4, 0.5) is 0 Å². The second kappa shape index (κ2) is 6.52. The zero-order valence-electron chi connectivity index (χ0n) is 14.0. The van der Waals surface area contributed by atoms with Gasteiger partial charge in [-0.05, 0) is 24.8 Å². The molecule has 0 unspecified atom stereocenters. The molecule has 3 heterocycles. The Bertz CT molecular complexity index is 666. The summed E-state index contributed by atoms with van der Waals surface area (Å²) in [6, 6.07) is 1.77. The van der Waals surface area contributed by atoms with E-state index in [2.05, 4.69) is 34.1 Å². The van der Waals surface area contributed by atoms with E-state index in [1.807, 2.05) is 11.9 Å². The van der Waals surface area contributed by atoms with Crippen molar-refractivity contribution in [3.05, 3.63) is 29.6 Å². The molecule has 0 aliphatic carbocycles. The number of nitrogens with one attached hydrogen (secondary N) is 1. The molecule has 23 heavy (non-hydrogen) atoms. The lowest BCUT2D eigenvalue weighted by Gasteiger charge is -2.31. The van der Waals surface area contributed by atoms with Gasteiger partial charge in [0.25, 0.3) is 5.91 Å². The van der Waals surface area contributed by atoms with Gasteiger partial charge in [0, 0.05) is 38.7 Å². The second-order valence-electron chi connectivity index (χ2n) is 6.61. The Morgan fingerprint density at radius 3 is 2.70 bits per heavy atom. The molecule has 1 aliphatic heterocycles. The smallest absolute Gasteiger partial charge is 0.274 e. The van der Waals surface area contributed by atoms with Crippen molar-refractivity contribution in [3.63, 3.8) is 0 Å². The van der Waals surface area contributed by atoms with Gasteiger partial charge in [0.1, 0.15) is 11.5 Å². The predicted octanol–water partition coefficient (Wildman–Crippen LogP) is 1.76. The zero-order chi connectivity index (χ0) is 16.4. The van der Waals surface area contributed by atoms with E-state index in [-0.39, 0.29) is 5.91 Å².